The van der Waals surface area contributed by atoms with Crippen molar-refractivity contribution in [1.82, 2.24) is 0 Å². The summed E-state index contributed by atoms with van der Waals surface area (Å²) >= 11 is 0. The summed E-state index contributed by atoms with van der Waals surface area (Å²) < 4.78 is 0. The van der Waals surface area contributed by atoms with E-state index in [1.165, 1.54) is 0 Å². The van der Waals surface area contributed by atoms with Crippen LogP contribution in [0.5, 0.6) is 0 Å². The Bertz CT molecular complexity index is 352. The summed E-state index contributed by atoms with van der Waals surface area (Å²) in [6.07, 6.45) is 0. The van der Waals surface area contributed by atoms with Crippen LogP contribution in [0.25, 0.3) is 4.85 Å². The van der Waals surface area contributed by atoms with Crippen LogP contribution in [0.2, 0.25) is 0 Å². The molecule has 3 heteroatoms. The number of benzene rings is 1. The van der Waals surface area contributed by atoms with Crippen molar-refractivity contribution in [3.05, 3.63) is 41.2 Å². The molecule has 0 saturated carbocycles. The van der Waals surface area contributed by atoms with Gasteiger partial charge in [-0.25, -0.2) is 6.57 Å². The van der Waals surface area contributed by atoms with Gasteiger partial charge in [0.1, 0.15) is 0 Å². The van der Waals surface area contributed by atoms with E-state index in [2.05, 4.69) is 10.2 Å². The summed E-state index contributed by atoms with van der Waals surface area (Å²) in [6, 6.07) is 7.48. The first-order valence-electron chi connectivity index (χ1n) is 3.92. The van der Waals surface area contributed by atoms with Gasteiger partial charge in [0.2, 0.25) is 0 Å². The number of nitrogens with one attached hydrogen (secondary N) is 1. The molecule has 0 aliphatic rings. The number of hydrogen-bond donors (Lipinski definition) is 1. The molecular formula is C10H10N2O. The van der Waals surface area contributed by atoms with Crippen molar-refractivity contribution in [3.8, 4) is 0 Å². The van der Waals surface area contributed by atoms with Crippen LogP contribution in [0.4, 0.5) is 5.69 Å². The van der Waals surface area contributed by atoms with Crippen molar-refractivity contribution < 1.29 is 4.79 Å². The van der Waals surface area contributed by atoms with Gasteiger partial charge in [-0.1, -0.05) is 18.2 Å². The smallest absolute Gasteiger partial charge is 0.304 e. The number of anilines is 1. The maximum absolute atomic E-state index is 11.0. The van der Waals surface area contributed by atoms with E-state index in [4.69, 9.17) is 6.57 Å². The van der Waals surface area contributed by atoms with Gasteiger partial charge < -0.3 is 10.2 Å². The van der Waals surface area contributed by atoms with E-state index in [1.807, 2.05) is 31.2 Å². The molecule has 0 fully saturated rings. The maximum atomic E-state index is 11.0. The molecule has 1 aromatic rings. The fraction of sp³-hybridized carbons (Fsp3) is 0.200. The van der Waals surface area contributed by atoms with Crippen molar-refractivity contribution in [2.24, 2.45) is 0 Å². The Morgan fingerprint density at radius 2 is 2.23 bits per heavy atom. The fourth-order valence-corrected chi connectivity index (χ4v) is 0.975. The Kier molecular flexibility index (Phi) is 3.04. The summed E-state index contributed by atoms with van der Waals surface area (Å²) in [5.41, 5.74) is 1.77. The monoisotopic (exact) mass is 174 g/mol. The highest BCUT2D eigenvalue weighted by Gasteiger charge is 2.04. The Labute approximate surface area is 77.2 Å². The van der Waals surface area contributed by atoms with Gasteiger partial charge in [0, 0.05) is 5.69 Å². The number of aryl methyl sites for hydroxylation is 1. The zero-order chi connectivity index (χ0) is 9.68. The van der Waals surface area contributed by atoms with Gasteiger partial charge in [-0.15, -0.1) is 0 Å². The number of nitrogens with zero attached hydrogens (tertiary/aromatic N) is 1. The van der Waals surface area contributed by atoms with Crippen molar-refractivity contribution in [3.63, 3.8) is 0 Å². The molecule has 0 heterocycles. The summed E-state index contributed by atoms with van der Waals surface area (Å²) in [6.45, 7) is 8.31. The van der Waals surface area contributed by atoms with Gasteiger partial charge in [-0.3, -0.25) is 4.79 Å². The van der Waals surface area contributed by atoms with Crippen LogP contribution in [0, 0.1) is 13.5 Å². The second-order valence-electron chi connectivity index (χ2n) is 2.68. The third kappa shape index (κ3) is 2.60. The lowest BCUT2D eigenvalue weighted by Gasteiger charge is -2.03. The Morgan fingerprint density at radius 1 is 1.54 bits per heavy atom. The van der Waals surface area contributed by atoms with Crippen LogP contribution in [0.1, 0.15) is 5.56 Å². The molecule has 0 saturated heterocycles. The van der Waals surface area contributed by atoms with Crippen LogP contribution >= 0.6 is 0 Å². The molecule has 66 valence electrons. The minimum absolute atomic E-state index is 0.117. The SMILES string of the molecule is [C-]#[N+]CC(=O)Nc1ccccc1C. The predicted molar refractivity (Wildman–Crippen MR) is 51.3 cm³/mol. The number of hydrogen-bond acceptors (Lipinski definition) is 1. The molecule has 0 unspecified atom stereocenters. The van der Waals surface area contributed by atoms with Crippen molar-refractivity contribution in [1.29, 1.82) is 0 Å². The lowest BCUT2D eigenvalue weighted by molar-refractivity contribution is -0.114. The van der Waals surface area contributed by atoms with E-state index in [0.717, 1.165) is 11.3 Å². The molecule has 0 bridgehead atoms. The highest BCUT2D eigenvalue weighted by atomic mass is 16.1. The zero-order valence-corrected chi connectivity index (χ0v) is 7.37. The number of rotatable bonds is 2. The molecule has 0 spiro atoms. The van der Waals surface area contributed by atoms with Crippen molar-refractivity contribution in [2.45, 2.75) is 6.92 Å². The first kappa shape index (κ1) is 9.27. The third-order valence-electron chi connectivity index (χ3n) is 1.64. The Morgan fingerprint density at radius 3 is 2.85 bits per heavy atom. The number of carbonyl (C=O) groups excluding carboxylic acids is 1. The largest absolute Gasteiger partial charge is 0.319 e. The molecule has 0 radical (unpaired) electrons. The molecule has 0 aliphatic carbocycles. The van der Waals surface area contributed by atoms with Crippen molar-refractivity contribution >= 4 is 11.6 Å². The highest BCUT2D eigenvalue weighted by molar-refractivity contribution is 5.93. The molecule has 3 nitrogen and oxygen atoms in total. The summed E-state index contributed by atoms with van der Waals surface area (Å²) in [4.78, 5) is 14.0. The number of amides is 1. The normalized spacial score (nSPS) is 8.92. The van der Waals surface area contributed by atoms with Gasteiger partial charge >= 0.3 is 5.91 Å². The van der Waals surface area contributed by atoms with Gasteiger partial charge in [0.15, 0.2) is 0 Å². The van der Waals surface area contributed by atoms with Gasteiger partial charge in [-0.05, 0) is 18.6 Å². The molecule has 13 heavy (non-hydrogen) atoms. The highest BCUT2D eigenvalue weighted by Crippen LogP contribution is 2.12. The van der Waals surface area contributed by atoms with Gasteiger partial charge in [0.05, 0.1) is 0 Å². The minimum Gasteiger partial charge on any atom is -0.319 e. The molecule has 1 rings (SSSR count). The molecule has 0 aliphatic heterocycles. The topological polar surface area (TPSA) is 33.5 Å². The second kappa shape index (κ2) is 4.27. The second-order valence-corrected chi connectivity index (χ2v) is 2.68. The summed E-state index contributed by atoms with van der Waals surface area (Å²) in [5.74, 6) is -0.260. The average Bonchev–Trinajstić information content (AvgIpc) is 2.09. The van der Waals surface area contributed by atoms with E-state index in [0.29, 0.717) is 0 Å². The number of para-hydroxylation sites is 1. The Balaban J connectivity index is 2.70. The van der Waals surface area contributed by atoms with E-state index < -0.39 is 0 Å². The maximum Gasteiger partial charge on any atom is 0.304 e. The minimum atomic E-state index is -0.260. The number of carbonyl (C=O) groups is 1. The molecule has 1 N–H and O–H groups in total. The summed E-state index contributed by atoms with van der Waals surface area (Å²) in [7, 11) is 0. The fourth-order valence-electron chi connectivity index (χ4n) is 0.975. The van der Waals surface area contributed by atoms with E-state index in [-0.39, 0.29) is 12.5 Å². The standard InChI is InChI=1S/C10H10N2O/c1-8-5-3-4-6-9(8)12-10(13)7-11-2/h3-6H,7H2,1H3,(H,12,13). The van der Waals surface area contributed by atoms with E-state index >= 15 is 0 Å². The molecule has 1 amide bonds. The van der Waals surface area contributed by atoms with Crippen LogP contribution in [-0.2, 0) is 4.79 Å². The summed E-state index contributed by atoms with van der Waals surface area (Å²) in [5, 5.41) is 2.66. The van der Waals surface area contributed by atoms with Crippen LogP contribution in [-0.4, -0.2) is 12.5 Å². The Hall–Kier alpha value is -1.82. The quantitative estimate of drug-likeness (QED) is 0.682. The molecular weight excluding hydrogens is 164 g/mol. The first-order valence-corrected chi connectivity index (χ1v) is 3.92. The van der Waals surface area contributed by atoms with Gasteiger partial charge in [-0.2, -0.15) is 0 Å². The van der Waals surface area contributed by atoms with Crippen LogP contribution < -0.4 is 5.32 Å². The van der Waals surface area contributed by atoms with Crippen LogP contribution in [0.15, 0.2) is 24.3 Å². The zero-order valence-electron chi connectivity index (χ0n) is 7.37. The van der Waals surface area contributed by atoms with Gasteiger partial charge in [0.25, 0.3) is 6.54 Å². The van der Waals surface area contributed by atoms with E-state index in [1.54, 1.807) is 0 Å². The van der Waals surface area contributed by atoms with Crippen LogP contribution in [0.3, 0.4) is 0 Å². The third-order valence-corrected chi connectivity index (χ3v) is 1.64. The predicted octanol–water partition coefficient (Wildman–Crippen LogP) is 1.85. The molecule has 0 atom stereocenters. The van der Waals surface area contributed by atoms with Crippen molar-refractivity contribution in [2.75, 3.05) is 11.9 Å². The molecule has 1 aromatic carbocycles. The molecule has 0 aromatic heterocycles. The lowest BCUT2D eigenvalue weighted by atomic mass is 10.2. The van der Waals surface area contributed by atoms with E-state index in [9.17, 15) is 4.79 Å². The first-order chi connectivity index (χ1) is 6.24. The lowest BCUT2D eigenvalue weighted by Crippen LogP contribution is -2.14. The average molecular weight is 174 g/mol.